The minimum atomic E-state index is 0.409. The van der Waals surface area contributed by atoms with Gasteiger partial charge in [-0.05, 0) is 43.6 Å². The molecule has 100 valence electrons. The van der Waals surface area contributed by atoms with Crippen molar-refractivity contribution in [1.82, 2.24) is 5.43 Å². The average Bonchev–Trinajstić information content (AvgIpc) is 2.86. The van der Waals surface area contributed by atoms with Crippen LogP contribution in [0.4, 0.5) is 0 Å². The second-order valence-corrected chi connectivity index (χ2v) is 5.84. The topological polar surface area (TPSA) is 38.0 Å². The molecular weight excluding hydrogens is 220 g/mol. The van der Waals surface area contributed by atoms with Gasteiger partial charge in [-0.2, -0.15) is 0 Å². The highest BCUT2D eigenvalue weighted by molar-refractivity contribution is 5.23. The van der Waals surface area contributed by atoms with Crippen molar-refractivity contribution in [2.24, 2.45) is 11.3 Å². The minimum Gasteiger partial charge on any atom is -0.271 e. The first-order valence-electron chi connectivity index (χ1n) is 7.22. The molecule has 1 aliphatic rings. The molecule has 0 aliphatic heterocycles. The van der Waals surface area contributed by atoms with Crippen LogP contribution in [0.2, 0.25) is 0 Å². The van der Waals surface area contributed by atoms with E-state index in [4.69, 9.17) is 5.84 Å². The van der Waals surface area contributed by atoms with Gasteiger partial charge in [-0.1, -0.05) is 49.6 Å². The standard InChI is InChI=1S/C16H26N2/c1-3-16(9-4-5-10-16)15(18-17)12-14-8-6-7-13(2)11-14/h6-8,11,15,18H,3-5,9-10,12,17H2,1-2H3. The molecule has 0 radical (unpaired) electrons. The summed E-state index contributed by atoms with van der Waals surface area (Å²) in [5.41, 5.74) is 6.25. The molecule has 2 heteroatoms. The summed E-state index contributed by atoms with van der Waals surface area (Å²) in [5, 5.41) is 0. The van der Waals surface area contributed by atoms with Crippen LogP contribution in [0.5, 0.6) is 0 Å². The van der Waals surface area contributed by atoms with Gasteiger partial charge in [-0.3, -0.25) is 11.3 Å². The fourth-order valence-corrected chi connectivity index (χ4v) is 3.55. The number of nitrogens with two attached hydrogens (primary N) is 1. The number of aryl methyl sites for hydroxylation is 1. The molecular formula is C16H26N2. The summed E-state index contributed by atoms with van der Waals surface area (Å²) in [6, 6.07) is 9.20. The van der Waals surface area contributed by atoms with E-state index in [2.05, 4.69) is 43.5 Å². The van der Waals surface area contributed by atoms with Gasteiger partial charge < -0.3 is 0 Å². The Morgan fingerprint density at radius 1 is 1.33 bits per heavy atom. The molecule has 1 fully saturated rings. The molecule has 1 unspecified atom stereocenters. The fraction of sp³-hybridized carbons (Fsp3) is 0.625. The van der Waals surface area contributed by atoms with Gasteiger partial charge in [0.25, 0.3) is 0 Å². The Labute approximate surface area is 111 Å². The van der Waals surface area contributed by atoms with E-state index in [1.807, 2.05) is 0 Å². The van der Waals surface area contributed by atoms with Crippen LogP contribution in [0.15, 0.2) is 24.3 Å². The van der Waals surface area contributed by atoms with Crippen molar-refractivity contribution in [1.29, 1.82) is 0 Å². The number of hydrazine groups is 1. The number of benzene rings is 1. The lowest BCUT2D eigenvalue weighted by atomic mass is 9.74. The van der Waals surface area contributed by atoms with E-state index >= 15 is 0 Å². The maximum absolute atomic E-state index is 5.85. The Kier molecular flexibility index (Phi) is 4.41. The van der Waals surface area contributed by atoms with Crippen LogP contribution in [0.3, 0.4) is 0 Å². The van der Waals surface area contributed by atoms with Gasteiger partial charge in [0, 0.05) is 6.04 Å². The zero-order valence-electron chi connectivity index (χ0n) is 11.7. The van der Waals surface area contributed by atoms with E-state index in [1.165, 1.54) is 43.2 Å². The van der Waals surface area contributed by atoms with Crippen molar-refractivity contribution >= 4 is 0 Å². The largest absolute Gasteiger partial charge is 0.271 e. The number of hydrogen-bond donors (Lipinski definition) is 2. The number of nitrogens with one attached hydrogen (secondary N) is 1. The predicted octanol–water partition coefficient (Wildman–Crippen LogP) is 3.34. The van der Waals surface area contributed by atoms with Crippen molar-refractivity contribution in [3.8, 4) is 0 Å². The summed E-state index contributed by atoms with van der Waals surface area (Å²) < 4.78 is 0. The van der Waals surface area contributed by atoms with Crippen LogP contribution in [-0.2, 0) is 6.42 Å². The van der Waals surface area contributed by atoms with Crippen LogP contribution < -0.4 is 11.3 Å². The second-order valence-electron chi connectivity index (χ2n) is 5.84. The lowest BCUT2D eigenvalue weighted by Gasteiger charge is -2.36. The second kappa shape index (κ2) is 5.85. The molecule has 0 saturated heterocycles. The van der Waals surface area contributed by atoms with Gasteiger partial charge in [0.1, 0.15) is 0 Å². The first-order valence-corrected chi connectivity index (χ1v) is 7.22. The maximum Gasteiger partial charge on any atom is 0.0307 e. The first-order chi connectivity index (χ1) is 8.70. The molecule has 1 aromatic rings. The third-order valence-electron chi connectivity index (χ3n) is 4.77. The van der Waals surface area contributed by atoms with Gasteiger partial charge in [0.2, 0.25) is 0 Å². The van der Waals surface area contributed by atoms with Crippen molar-refractivity contribution in [2.75, 3.05) is 0 Å². The quantitative estimate of drug-likeness (QED) is 0.617. The molecule has 2 nitrogen and oxygen atoms in total. The van der Waals surface area contributed by atoms with E-state index < -0.39 is 0 Å². The zero-order chi connectivity index (χ0) is 13.0. The zero-order valence-corrected chi connectivity index (χ0v) is 11.7. The summed E-state index contributed by atoms with van der Waals surface area (Å²) >= 11 is 0. The van der Waals surface area contributed by atoms with Crippen LogP contribution >= 0.6 is 0 Å². The highest BCUT2D eigenvalue weighted by Crippen LogP contribution is 2.44. The molecule has 18 heavy (non-hydrogen) atoms. The Morgan fingerprint density at radius 2 is 2.06 bits per heavy atom. The normalized spacial score (nSPS) is 19.9. The molecule has 1 aliphatic carbocycles. The molecule has 1 saturated carbocycles. The summed E-state index contributed by atoms with van der Waals surface area (Å²) in [7, 11) is 0. The summed E-state index contributed by atoms with van der Waals surface area (Å²) in [6.45, 7) is 4.46. The summed E-state index contributed by atoms with van der Waals surface area (Å²) in [6.07, 6.45) is 7.65. The van der Waals surface area contributed by atoms with E-state index in [1.54, 1.807) is 0 Å². The Balaban J connectivity index is 2.13. The van der Waals surface area contributed by atoms with Gasteiger partial charge in [-0.25, -0.2) is 0 Å². The number of rotatable bonds is 5. The highest BCUT2D eigenvalue weighted by atomic mass is 15.2. The summed E-state index contributed by atoms with van der Waals surface area (Å²) in [4.78, 5) is 0. The molecule has 1 aromatic carbocycles. The van der Waals surface area contributed by atoms with Crippen molar-refractivity contribution in [3.05, 3.63) is 35.4 Å². The van der Waals surface area contributed by atoms with Crippen molar-refractivity contribution < 1.29 is 0 Å². The lowest BCUT2D eigenvalue weighted by Crippen LogP contribution is -2.48. The minimum absolute atomic E-state index is 0.409. The monoisotopic (exact) mass is 246 g/mol. The van der Waals surface area contributed by atoms with E-state index in [0.29, 0.717) is 11.5 Å². The smallest absolute Gasteiger partial charge is 0.0307 e. The molecule has 0 bridgehead atoms. The number of hydrogen-bond acceptors (Lipinski definition) is 2. The van der Waals surface area contributed by atoms with Gasteiger partial charge in [0.05, 0.1) is 0 Å². The van der Waals surface area contributed by atoms with Crippen LogP contribution in [0.25, 0.3) is 0 Å². The Morgan fingerprint density at radius 3 is 2.61 bits per heavy atom. The first kappa shape index (κ1) is 13.6. The van der Waals surface area contributed by atoms with E-state index in [0.717, 1.165) is 6.42 Å². The van der Waals surface area contributed by atoms with Crippen LogP contribution in [0.1, 0.15) is 50.2 Å². The molecule has 2 rings (SSSR count). The predicted molar refractivity (Wildman–Crippen MR) is 77.2 cm³/mol. The fourth-order valence-electron chi connectivity index (χ4n) is 3.55. The van der Waals surface area contributed by atoms with Gasteiger partial charge in [-0.15, -0.1) is 0 Å². The van der Waals surface area contributed by atoms with Crippen molar-refractivity contribution in [2.45, 2.75) is 58.4 Å². The molecule has 3 N–H and O–H groups in total. The molecule has 0 aromatic heterocycles. The highest BCUT2D eigenvalue weighted by Gasteiger charge is 2.39. The SMILES string of the molecule is CCC1(C(Cc2cccc(C)c2)NN)CCCC1. The van der Waals surface area contributed by atoms with Gasteiger partial charge in [0.15, 0.2) is 0 Å². The van der Waals surface area contributed by atoms with Gasteiger partial charge >= 0.3 is 0 Å². The Hall–Kier alpha value is -0.860. The Bertz CT molecular complexity index is 380. The van der Waals surface area contributed by atoms with Crippen molar-refractivity contribution in [3.63, 3.8) is 0 Å². The molecule has 0 spiro atoms. The van der Waals surface area contributed by atoms with E-state index in [-0.39, 0.29) is 0 Å². The molecule has 1 atom stereocenters. The molecule has 0 heterocycles. The van der Waals surface area contributed by atoms with Crippen LogP contribution in [0, 0.1) is 12.3 Å². The summed E-state index contributed by atoms with van der Waals surface area (Å²) in [5.74, 6) is 5.85. The molecule has 0 amide bonds. The van der Waals surface area contributed by atoms with Crippen LogP contribution in [-0.4, -0.2) is 6.04 Å². The lowest BCUT2D eigenvalue weighted by molar-refractivity contribution is 0.185. The average molecular weight is 246 g/mol. The third kappa shape index (κ3) is 2.76. The third-order valence-corrected chi connectivity index (χ3v) is 4.77. The van der Waals surface area contributed by atoms with E-state index in [9.17, 15) is 0 Å². The maximum atomic E-state index is 5.85.